The second kappa shape index (κ2) is 3.92. The molecule has 0 aromatic carbocycles. The molecular formula is C11H13N3O2. The third-order valence-corrected chi connectivity index (χ3v) is 2.57. The normalized spacial score (nSPS) is 12.9. The highest BCUT2D eigenvalue weighted by Gasteiger charge is 2.12. The molecule has 0 fully saturated rings. The molecular weight excluding hydrogens is 206 g/mol. The zero-order chi connectivity index (χ0) is 11.7. The van der Waals surface area contributed by atoms with Crippen LogP contribution in [0.3, 0.4) is 0 Å². The fraction of sp³-hybridized carbons (Fsp3) is 0.364. The van der Waals surface area contributed by atoms with Gasteiger partial charge in [-0.2, -0.15) is 0 Å². The molecule has 1 atom stereocenters. The van der Waals surface area contributed by atoms with Crippen LogP contribution in [-0.4, -0.2) is 25.6 Å². The molecule has 0 spiro atoms. The molecule has 5 nitrogen and oxygen atoms in total. The molecule has 0 aliphatic heterocycles. The predicted octanol–water partition coefficient (Wildman–Crippen LogP) is 1.23. The predicted molar refractivity (Wildman–Crippen MR) is 59.0 cm³/mol. The Morgan fingerprint density at radius 2 is 2.31 bits per heavy atom. The van der Waals surface area contributed by atoms with Gasteiger partial charge in [0.1, 0.15) is 5.52 Å². The molecule has 0 radical (unpaired) electrons. The molecule has 0 saturated heterocycles. The van der Waals surface area contributed by atoms with E-state index >= 15 is 0 Å². The molecule has 0 amide bonds. The lowest BCUT2D eigenvalue weighted by atomic mass is 10.0. The number of pyridine rings is 1. The number of imidazole rings is 1. The van der Waals surface area contributed by atoms with Gasteiger partial charge in [0.05, 0.1) is 12.2 Å². The van der Waals surface area contributed by atoms with Crippen molar-refractivity contribution in [3.63, 3.8) is 0 Å². The fourth-order valence-electron chi connectivity index (χ4n) is 1.61. The monoisotopic (exact) mass is 219 g/mol. The van der Waals surface area contributed by atoms with Crippen LogP contribution in [0, 0.1) is 5.92 Å². The summed E-state index contributed by atoms with van der Waals surface area (Å²) < 4.78 is 1.83. The second-order valence-electron chi connectivity index (χ2n) is 3.99. The summed E-state index contributed by atoms with van der Waals surface area (Å²) in [7, 11) is 1.88. The summed E-state index contributed by atoms with van der Waals surface area (Å²) in [6, 6.07) is 1.89. The van der Waals surface area contributed by atoms with Crippen molar-refractivity contribution in [1.82, 2.24) is 14.5 Å². The van der Waals surface area contributed by atoms with Gasteiger partial charge < -0.3 is 9.67 Å². The number of aromatic nitrogens is 3. The van der Waals surface area contributed by atoms with Crippen molar-refractivity contribution in [1.29, 1.82) is 0 Å². The Bertz CT molecular complexity index is 533. The van der Waals surface area contributed by atoms with Gasteiger partial charge in [0.2, 0.25) is 0 Å². The van der Waals surface area contributed by atoms with Crippen molar-refractivity contribution in [2.45, 2.75) is 13.3 Å². The van der Waals surface area contributed by atoms with Crippen LogP contribution in [0.2, 0.25) is 0 Å². The molecule has 1 N–H and O–H groups in total. The SMILES string of the molecule is CC(Cc1cnc2c(c1)ncn2C)C(=O)O. The number of nitrogens with zero attached hydrogens (tertiary/aromatic N) is 3. The van der Waals surface area contributed by atoms with E-state index in [-0.39, 0.29) is 0 Å². The molecule has 0 aliphatic carbocycles. The van der Waals surface area contributed by atoms with Gasteiger partial charge in [0.25, 0.3) is 0 Å². The number of rotatable bonds is 3. The van der Waals surface area contributed by atoms with E-state index in [1.807, 2.05) is 17.7 Å². The first kappa shape index (κ1) is 10.6. The highest BCUT2D eigenvalue weighted by Crippen LogP contribution is 2.14. The average Bonchev–Trinajstić information content (AvgIpc) is 2.60. The lowest BCUT2D eigenvalue weighted by Crippen LogP contribution is -2.12. The minimum atomic E-state index is -0.791. The Morgan fingerprint density at radius 3 is 3.00 bits per heavy atom. The quantitative estimate of drug-likeness (QED) is 0.843. The molecule has 0 saturated carbocycles. The number of hydrogen-bond acceptors (Lipinski definition) is 3. The van der Waals surface area contributed by atoms with E-state index in [0.717, 1.165) is 16.7 Å². The summed E-state index contributed by atoms with van der Waals surface area (Å²) in [5, 5.41) is 8.82. The van der Waals surface area contributed by atoms with Crippen LogP contribution in [0.4, 0.5) is 0 Å². The Labute approximate surface area is 92.8 Å². The van der Waals surface area contributed by atoms with Crippen LogP contribution in [0.1, 0.15) is 12.5 Å². The van der Waals surface area contributed by atoms with Crippen molar-refractivity contribution in [2.75, 3.05) is 0 Å². The molecule has 2 heterocycles. The smallest absolute Gasteiger partial charge is 0.306 e. The average molecular weight is 219 g/mol. The number of fused-ring (bicyclic) bond motifs is 1. The van der Waals surface area contributed by atoms with Crippen molar-refractivity contribution < 1.29 is 9.90 Å². The molecule has 84 valence electrons. The lowest BCUT2D eigenvalue weighted by molar-refractivity contribution is -0.141. The standard InChI is InChI=1S/C11H13N3O2/c1-7(11(15)16)3-8-4-9-10(12-5-8)14(2)6-13-9/h4-7H,3H2,1-2H3,(H,15,16). The summed E-state index contributed by atoms with van der Waals surface area (Å²) in [4.78, 5) is 19.2. The third kappa shape index (κ3) is 1.88. The van der Waals surface area contributed by atoms with Crippen LogP contribution in [0.25, 0.3) is 11.2 Å². The number of carbonyl (C=O) groups is 1. The summed E-state index contributed by atoms with van der Waals surface area (Å²) in [5.74, 6) is -1.19. The Balaban J connectivity index is 2.29. The van der Waals surface area contributed by atoms with E-state index in [9.17, 15) is 4.79 Å². The molecule has 0 aliphatic rings. The largest absolute Gasteiger partial charge is 0.481 e. The molecule has 2 aromatic heterocycles. The van der Waals surface area contributed by atoms with Crippen LogP contribution in [-0.2, 0) is 18.3 Å². The van der Waals surface area contributed by atoms with Gasteiger partial charge in [-0.25, -0.2) is 9.97 Å². The molecule has 2 aromatic rings. The van der Waals surface area contributed by atoms with Gasteiger partial charge in [0.15, 0.2) is 5.65 Å². The van der Waals surface area contributed by atoms with Gasteiger partial charge in [-0.05, 0) is 18.1 Å². The van der Waals surface area contributed by atoms with E-state index in [2.05, 4.69) is 9.97 Å². The second-order valence-corrected chi connectivity index (χ2v) is 3.99. The minimum absolute atomic E-state index is 0.400. The highest BCUT2D eigenvalue weighted by molar-refractivity contribution is 5.72. The Hall–Kier alpha value is -1.91. The number of hydrogen-bond donors (Lipinski definition) is 1. The van der Waals surface area contributed by atoms with E-state index in [0.29, 0.717) is 6.42 Å². The van der Waals surface area contributed by atoms with Gasteiger partial charge in [-0.3, -0.25) is 4.79 Å². The van der Waals surface area contributed by atoms with Gasteiger partial charge >= 0.3 is 5.97 Å². The maximum absolute atomic E-state index is 10.7. The number of aryl methyl sites for hydroxylation is 1. The first-order valence-corrected chi connectivity index (χ1v) is 5.06. The molecule has 5 heteroatoms. The zero-order valence-electron chi connectivity index (χ0n) is 9.21. The fourth-order valence-corrected chi connectivity index (χ4v) is 1.61. The minimum Gasteiger partial charge on any atom is -0.481 e. The maximum Gasteiger partial charge on any atom is 0.306 e. The summed E-state index contributed by atoms with van der Waals surface area (Å²) in [6.45, 7) is 1.69. The van der Waals surface area contributed by atoms with Crippen molar-refractivity contribution in [2.24, 2.45) is 13.0 Å². The van der Waals surface area contributed by atoms with E-state index in [1.165, 1.54) is 0 Å². The summed E-state index contributed by atoms with van der Waals surface area (Å²) in [6.07, 6.45) is 3.89. The molecule has 1 unspecified atom stereocenters. The van der Waals surface area contributed by atoms with E-state index in [4.69, 9.17) is 5.11 Å². The first-order chi connectivity index (χ1) is 7.58. The Morgan fingerprint density at radius 1 is 1.56 bits per heavy atom. The first-order valence-electron chi connectivity index (χ1n) is 5.06. The Kier molecular flexibility index (Phi) is 2.60. The zero-order valence-corrected chi connectivity index (χ0v) is 9.21. The number of carboxylic acid groups (broad SMARTS) is 1. The van der Waals surface area contributed by atoms with E-state index < -0.39 is 11.9 Å². The van der Waals surface area contributed by atoms with Crippen LogP contribution >= 0.6 is 0 Å². The summed E-state index contributed by atoms with van der Waals surface area (Å²) >= 11 is 0. The van der Waals surface area contributed by atoms with Gasteiger partial charge in [0, 0.05) is 13.2 Å². The van der Waals surface area contributed by atoms with Crippen molar-refractivity contribution in [3.05, 3.63) is 24.2 Å². The molecule has 16 heavy (non-hydrogen) atoms. The van der Waals surface area contributed by atoms with Gasteiger partial charge in [-0.15, -0.1) is 0 Å². The van der Waals surface area contributed by atoms with E-state index in [1.54, 1.807) is 19.4 Å². The van der Waals surface area contributed by atoms with Crippen molar-refractivity contribution >= 4 is 17.1 Å². The molecule has 2 rings (SSSR count). The van der Waals surface area contributed by atoms with Crippen molar-refractivity contribution in [3.8, 4) is 0 Å². The third-order valence-electron chi connectivity index (χ3n) is 2.57. The highest BCUT2D eigenvalue weighted by atomic mass is 16.4. The number of carboxylic acids is 1. The lowest BCUT2D eigenvalue weighted by Gasteiger charge is -2.05. The van der Waals surface area contributed by atoms with Gasteiger partial charge in [-0.1, -0.05) is 6.92 Å². The van der Waals surface area contributed by atoms with Crippen LogP contribution in [0.15, 0.2) is 18.6 Å². The number of aliphatic carboxylic acids is 1. The van der Waals surface area contributed by atoms with Crippen LogP contribution < -0.4 is 0 Å². The topological polar surface area (TPSA) is 68.0 Å². The molecule has 0 bridgehead atoms. The maximum atomic E-state index is 10.7. The van der Waals surface area contributed by atoms with Crippen LogP contribution in [0.5, 0.6) is 0 Å². The summed E-state index contributed by atoms with van der Waals surface area (Å²) in [5.41, 5.74) is 2.52.